The molecule has 204 valence electrons. The molecule has 2 atom stereocenters. The van der Waals surface area contributed by atoms with Gasteiger partial charge in [0.2, 0.25) is 0 Å². The molecule has 0 spiro atoms. The van der Waals surface area contributed by atoms with E-state index >= 15 is 0 Å². The van der Waals surface area contributed by atoms with Gasteiger partial charge in [-0.15, -0.1) is 0 Å². The van der Waals surface area contributed by atoms with Gasteiger partial charge in [0.15, 0.2) is 0 Å². The summed E-state index contributed by atoms with van der Waals surface area (Å²) in [6.07, 6.45) is 1.06. The van der Waals surface area contributed by atoms with E-state index in [0.717, 1.165) is 25.2 Å². The van der Waals surface area contributed by atoms with Gasteiger partial charge in [-0.2, -0.15) is 23.0 Å². The fraction of sp³-hybridized carbons (Fsp3) is 0.577. The number of aromatic nitrogens is 2. The topological polar surface area (TPSA) is 64.9 Å². The Morgan fingerprint density at radius 2 is 1.63 bits per heavy atom. The van der Waals surface area contributed by atoms with Crippen molar-refractivity contribution in [1.29, 1.82) is 0 Å². The Morgan fingerprint density at radius 1 is 0.947 bits per heavy atom. The molecule has 8 nitrogen and oxygen atoms in total. The molecular formula is C26H30ClF3N6O2. The first-order chi connectivity index (χ1) is 18.1. The van der Waals surface area contributed by atoms with E-state index < -0.39 is 11.7 Å². The van der Waals surface area contributed by atoms with Crippen LogP contribution in [0.3, 0.4) is 0 Å². The van der Waals surface area contributed by atoms with E-state index in [2.05, 4.69) is 14.9 Å². The predicted octanol–water partition coefficient (Wildman–Crippen LogP) is 3.51. The van der Waals surface area contributed by atoms with Crippen molar-refractivity contribution >= 4 is 23.5 Å². The zero-order valence-corrected chi connectivity index (χ0v) is 21.7. The summed E-state index contributed by atoms with van der Waals surface area (Å²) < 4.78 is 40.7. The van der Waals surface area contributed by atoms with Gasteiger partial charge in [0.1, 0.15) is 0 Å². The van der Waals surface area contributed by atoms with Crippen LogP contribution in [0.1, 0.15) is 34.3 Å². The molecule has 0 bridgehead atoms. The van der Waals surface area contributed by atoms with Crippen LogP contribution < -0.4 is 0 Å². The van der Waals surface area contributed by atoms with Crippen LogP contribution in [-0.2, 0) is 12.7 Å². The lowest BCUT2D eigenvalue weighted by Gasteiger charge is -2.34. The minimum Gasteiger partial charge on any atom is -0.336 e. The van der Waals surface area contributed by atoms with Crippen LogP contribution in [0.2, 0.25) is 5.02 Å². The first-order valence-electron chi connectivity index (χ1n) is 13.1. The van der Waals surface area contributed by atoms with Crippen molar-refractivity contribution in [1.82, 2.24) is 29.4 Å². The highest BCUT2D eigenvalue weighted by molar-refractivity contribution is 6.30. The van der Waals surface area contributed by atoms with Crippen LogP contribution in [-0.4, -0.2) is 99.7 Å². The average molecular weight is 551 g/mol. The molecule has 3 saturated heterocycles. The molecule has 1 aromatic carbocycles. The summed E-state index contributed by atoms with van der Waals surface area (Å²) in [6.45, 7) is 6.02. The summed E-state index contributed by atoms with van der Waals surface area (Å²) in [5.41, 5.74) is 0.206. The third-order valence-electron chi connectivity index (χ3n) is 8.21. The molecule has 4 aliphatic rings. The average Bonchev–Trinajstić information content (AvgIpc) is 3.29. The Labute approximate surface area is 223 Å². The molecule has 0 radical (unpaired) electrons. The van der Waals surface area contributed by atoms with Crippen molar-refractivity contribution in [2.24, 2.45) is 11.8 Å². The number of fused-ring (bicyclic) bond motifs is 1. The van der Waals surface area contributed by atoms with Crippen molar-refractivity contribution in [2.75, 3.05) is 52.4 Å². The van der Waals surface area contributed by atoms with E-state index in [1.54, 1.807) is 11.0 Å². The summed E-state index contributed by atoms with van der Waals surface area (Å²) in [4.78, 5) is 34.2. The van der Waals surface area contributed by atoms with Gasteiger partial charge in [-0.05, 0) is 48.4 Å². The monoisotopic (exact) mass is 550 g/mol. The van der Waals surface area contributed by atoms with Crippen molar-refractivity contribution < 1.29 is 22.8 Å². The molecule has 0 N–H and O–H groups in total. The maximum atomic E-state index is 13.2. The van der Waals surface area contributed by atoms with E-state index in [1.165, 1.54) is 29.9 Å². The van der Waals surface area contributed by atoms with Gasteiger partial charge >= 0.3 is 12.2 Å². The standard InChI is InChI=1S/C26H30ClF3N6O2/c27-22-8-17(7-21(9-22)26(28,29)30)11-32-12-19-14-35(15-20(19)13-32)25(38)36-16-18(10-31-36)24(37)34-5-3-33(4-6-34)23-1-2-23/h7-10,16,19-20,23H,1-6,11-15H2. The minimum absolute atomic E-state index is 0.0728. The van der Waals surface area contributed by atoms with E-state index in [-0.39, 0.29) is 28.8 Å². The third kappa shape index (κ3) is 5.28. The lowest BCUT2D eigenvalue weighted by atomic mass is 10.0. The summed E-state index contributed by atoms with van der Waals surface area (Å²) in [7, 11) is 0. The molecule has 2 unspecified atom stereocenters. The van der Waals surface area contributed by atoms with Gasteiger partial charge in [0, 0.05) is 76.2 Å². The van der Waals surface area contributed by atoms with Crippen LogP contribution in [0.4, 0.5) is 18.0 Å². The van der Waals surface area contributed by atoms with Gasteiger partial charge in [-0.1, -0.05) is 11.6 Å². The third-order valence-corrected chi connectivity index (χ3v) is 8.43. The number of carbonyl (C=O) groups excluding carboxylic acids is 2. The minimum atomic E-state index is -4.44. The fourth-order valence-corrected chi connectivity index (χ4v) is 6.39. The highest BCUT2D eigenvalue weighted by Crippen LogP contribution is 2.35. The van der Waals surface area contributed by atoms with Crippen molar-refractivity contribution in [2.45, 2.75) is 31.6 Å². The van der Waals surface area contributed by atoms with Gasteiger partial charge in [0.05, 0.1) is 17.3 Å². The van der Waals surface area contributed by atoms with E-state index in [4.69, 9.17) is 11.6 Å². The smallest absolute Gasteiger partial charge is 0.336 e. The number of rotatable bonds is 4. The van der Waals surface area contributed by atoms with Gasteiger partial charge in [-0.25, -0.2) is 4.79 Å². The molecule has 4 heterocycles. The molecule has 1 aliphatic carbocycles. The maximum absolute atomic E-state index is 13.2. The Kier molecular flexibility index (Phi) is 6.64. The van der Waals surface area contributed by atoms with Gasteiger partial charge in [-0.3, -0.25) is 14.6 Å². The first kappa shape index (κ1) is 25.6. The molecule has 1 aromatic heterocycles. The molecule has 2 aromatic rings. The largest absolute Gasteiger partial charge is 0.416 e. The van der Waals surface area contributed by atoms with Crippen LogP contribution in [0.15, 0.2) is 30.6 Å². The fourth-order valence-electron chi connectivity index (χ4n) is 6.13. The molecule has 38 heavy (non-hydrogen) atoms. The van der Waals surface area contributed by atoms with Crippen LogP contribution in [0.25, 0.3) is 0 Å². The molecule has 3 aliphatic heterocycles. The van der Waals surface area contributed by atoms with E-state index in [9.17, 15) is 22.8 Å². The van der Waals surface area contributed by atoms with Crippen molar-refractivity contribution in [3.63, 3.8) is 0 Å². The number of hydrogen-bond donors (Lipinski definition) is 0. The number of nitrogens with zero attached hydrogens (tertiary/aromatic N) is 6. The summed E-state index contributed by atoms with van der Waals surface area (Å²) >= 11 is 5.94. The summed E-state index contributed by atoms with van der Waals surface area (Å²) in [5.74, 6) is 0.377. The van der Waals surface area contributed by atoms with Crippen molar-refractivity contribution in [3.05, 3.63) is 52.3 Å². The first-order valence-corrected chi connectivity index (χ1v) is 13.5. The van der Waals surface area contributed by atoms with E-state index in [1.807, 2.05) is 4.90 Å². The number of amides is 2. The number of carbonyl (C=O) groups is 2. The van der Waals surface area contributed by atoms with Crippen LogP contribution in [0.5, 0.6) is 0 Å². The van der Waals surface area contributed by atoms with E-state index in [0.29, 0.717) is 63.0 Å². The van der Waals surface area contributed by atoms with Crippen LogP contribution in [0, 0.1) is 11.8 Å². The SMILES string of the molecule is O=C(c1cnn(C(=O)N2CC3CN(Cc4cc(Cl)cc(C(F)(F)F)c4)CC3C2)c1)N1CCN(C2CC2)CC1. The molecule has 6 rings (SSSR count). The maximum Gasteiger partial charge on any atom is 0.416 e. The number of piperazine rings is 1. The summed E-state index contributed by atoms with van der Waals surface area (Å²) in [5, 5.41) is 4.26. The molecular weight excluding hydrogens is 521 g/mol. The lowest BCUT2D eigenvalue weighted by molar-refractivity contribution is -0.137. The second-order valence-corrected chi connectivity index (χ2v) is 11.4. The normalized spacial score (nSPS) is 24.7. The molecule has 2 amide bonds. The summed E-state index contributed by atoms with van der Waals surface area (Å²) in [6, 6.07) is 4.10. The number of likely N-dealkylation sites (tertiary alicyclic amines) is 2. The Morgan fingerprint density at radius 3 is 2.26 bits per heavy atom. The molecule has 12 heteroatoms. The number of alkyl halides is 3. The van der Waals surface area contributed by atoms with Crippen LogP contribution >= 0.6 is 11.6 Å². The zero-order valence-electron chi connectivity index (χ0n) is 20.9. The second kappa shape index (κ2) is 9.84. The molecule has 4 fully saturated rings. The quantitative estimate of drug-likeness (QED) is 0.583. The van der Waals surface area contributed by atoms with Gasteiger partial charge in [0.25, 0.3) is 5.91 Å². The lowest BCUT2D eigenvalue weighted by Crippen LogP contribution is -2.49. The highest BCUT2D eigenvalue weighted by atomic mass is 35.5. The predicted molar refractivity (Wildman–Crippen MR) is 134 cm³/mol. The Balaban J connectivity index is 1.02. The van der Waals surface area contributed by atoms with Gasteiger partial charge < -0.3 is 9.80 Å². The number of halogens is 4. The van der Waals surface area contributed by atoms with Crippen molar-refractivity contribution in [3.8, 4) is 0 Å². The Bertz CT molecular complexity index is 1210. The zero-order chi connectivity index (χ0) is 26.6. The number of benzene rings is 1. The highest BCUT2D eigenvalue weighted by Gasteiger charge is 2.42. The Hall–Kier alpha value is -2.63. The molecule has 1 saturated carbocycles. The number of hydrogen-bond acceptors (Lipinski definition) is 5. The second-order valence-electron chi connectivity index (χ2n) is 11.0.